The zero-order valence-corrected chi connectivity index (χ0v) is 31.7. The zero-order valence-electron chi connectivity index (χ0n) is 30.1. The van der Waals surface area contributed by atoms with Crippen LogP contribution in [0.3, 0.4) is 0 Å². The minimum atomic E-state index is 0.919. The lowest BCUT2D eigenvalue weighted by molar-refractivity contribution is 0.674. The van der Waals surface area contributed by atoms with E-state index in [9.17, 15) is 0 Å². The summed E-state index contributed by atoms with van der Waals surface area (Å²) in [6.07, 6.45) is 0. The van der Waals surface area contributed by atoms with Gasteiger partial charge in [0.05, 0.1) is 5.69 Å². The van der Waals surface area contributed by atoms with Crippen LogP contribution < -0.4 is 4.90 Å². The SMILES string of the molecule is c1ccc2c(c1)ccc1c3cccc(-c4ccc(N(c5ccc(-c6ccc7c(c6)sc6ccccc67)cc5)c5cccc6sc7ccccc7c56)cc4)c3oc21. The van der Waals surface area contributed by atoms with Crippen molar-refractivity contribution < 1.29 is 4.42 Å². The van der Waals surface area contributed by atoms with Crippen LogP contribution in [-0.2, 0) is 0 Å². The lowest BCUT2D eigenvalue weighted by Gasteiger charge is -2.27. The molecule has 12 rings (SSSR count). The van der Waals surface area contributed by atoms with Crippen molar-refractivity contribution in [1.29, 1.82) is 0 Å². The van der Waals surface area contributed by atoms with Gasteiger partial charge in [-0.25, -0.2) is 0 Å². The van der Waals surface area contributed by atoms with E-state index < -0.39 is 0 Å². The van der Waals surface area contributed by atoms with Crippen LogP contribution in [0.5, 0.6) is 0 Å². The molecule has 0 radical (unpaired) electrons. The highest BCUT2D eigenvalue weighted by molar-refractivity contribution is 7.26. The fourth-order valence-electron chi connectivity index (χ4n) is 8.62. The van der Waals surface area contributed by atoms with Gasteiger partial charge in [-0.05, 0) is 82.7 Å². The highest BCUT2D eigenvalue weighted by Gasteiger charge is 2.20. The maximum absolute atomic E-state index is 6.73. The molecule has 3 aromatic heterocycles. The van der Waals surface area contributed by atoms with Gasteiger partial charge in [0.1, 0.15) is 11.2 Å². The molecule has 0 atom stereocenters. The largest absolute Gasteiger partial charge is 0.455 e. The van der Waals surface area contributed by atoms with Gasteiger partial charge >= 0.3 is 0 Å². The van der Waals surface area contributed by atoms with Crippen LogP contribution in [0.4, 0.5) is 17.1 Å². The van der Waals surface area contributed by atoms with Gasteiger partial charge in [0.25, 0.3) is 0 Å². The van der Waals surface area contributed by atoms with Crippen molar-refractivity contribution in [2.45, 2.75) is 0 Å². The average molecular weight is 750 g/mol. The molecule has 0 aliphatic carbocycles. The Balaban J connectivity index is 0.988. The fourth-order valence-corrected chi connectivity index (χ4v) is 10.9. The molecule has 0 unspecified atom stereocenters. The predicted molar refractivity (Wildman–Crippen MR) is 243 cm³/mol. The van der Waals surface area contributed by atoms with E-state index in [4.69, 9.17) is 4.42 Å². The van der Waals surface area contributed by atoms with Crippen LogP contribution in [0.2, 0.25) is 0 Å². The number of hydrogen-bond donors (Lipinski definition) is 0. The molecule has 12 aromatic rings. The number of hydrogen-bond acceptors (Lipinski definition) is 4. The molecule has 0 saturated carbocycles. The van der Waals surface area contributed by atoms with E-state index in [1.54, 1.807) is 0 Å². The quantitative estimate of drug-likeness (QED) is 0.174. The second-order valence-corrected chi connectivity index (χ2v) is 16.6. The van der Waals surface area contributed by atoms with E-state index in [1.807, 2.05) is 22.7 Å². The molecule has 2 nitrogen and oxygen atoms in total. The monoisotopic (exact) mass is 749 g/mol. The molecule has 0 amide bonds. The van der Waals surface area contributed by atoms with Gasteiger partial charge < -0.3 is 9.32 Å². The van der Waals surface area contributed by atoms with Crippen molar-refractivity contribution in [3.8, 4) is 22.3 Å². The third kappa shape index (κ3) is 4.86. The Morgan fingerprint density at radius 2 is 0.929 bits per heavy atom. The van der Waals surface area contributed by atoms with E-state index in [0.717, 1.165) is 49.8 Å². The third-order valence-corrected chi connectivity index (χ3v) is 13.6. The first-order chi connectivity index (χ1) is 27.7. The highest BCUT2D eigenvalue weighted by Crippen LogP contribution is 2.46. The summed E-state index contributed by atoms with van der Waals surface area (Å²) in [5.41, 5.74) is 9.87. The van der Waals surface area contributed by atoms with Gasteiger partial charge in [-0.2, -0.15) is 0 Å². The summed E-state index contributed by atoms with van der Waals surface area (Å²) in [5, 5.41) is 9.81. The summed E-state index contributed by atoms with van der Waals surface area (Å²) in [7, 11) is 0. The molecule has 262 valence electrons. The topological polar surface area (TPSA) is 16.4 Å². The van der Waals surface area contributed by atoms with Crippen LogP contribution in [0, 0.1) is 0 Å². The summed E-state index contributed by atoms with van der Waals surface area (Å²) in [5.74, 6) is 0. The normalized spacial score (nSPS) is 11.9. The molecule has 4 heteroatoms. The third-order valence-electron chi connectivity index (χ3n) is 11.3. The van der Waals surface area contributed by atoms with Crippen molar-refractivity contribution in [1.82, 2.24) is 0 Å². The number of para-hydroxylation sites is 1. The summed E-state index contributed by atoms with van der Waals surface area (Å²) in [4.78, 5) is 2.41. The maximum atomic E-state index is 6.73. The lowest BCUT2D eigenvalue weighted by Crippen LogP contribution is -2.10. The Bertz CT molecular complexity index is 3480. The Morgan fingerprint density at radius 1 is 0.357 bits per heavy atom. The summed E-state index contributed by atoms with van der Waals surface area (Å²) in [6.45, 7) is 0. The predicted octanol–water partition coefficient (Wildman–Crippen LogP) is 16.3. The summed E-state index contributed by atoms with van der Waals surface area (Å²) in [6, 6.07) is 68.4. The van der Waals surface area contributed by atoms with Gasteiger partial charge in [0, 0.05) is 73.4 Å². The average Bonchev–Trinajstić information content (AvgIpc) is 3.96. The number of thiophene rings is 2. The second kappa shape index (κ2) is 12.4. The van der Waals surface area contributed by atoms with E-state index in [-0.39, 0.29) is 0 Å². The Hall–Kier alpha value is -6.72. The number of benzene rings is 9. The minimum Gasteiger partial charge on any atom is -0.455 e. The molecule has 0 aliphatic heterocycles. The molecule has 0 aliphatic rings. The smallest absolute Gasteiger partial charge is 0.143 e. The molecular formula is C52H31NOS2. The Labute approximate surface area is 330 Å². The van der Waals surface area contributed by atoms with E-state index in [1.165, 1.54) is 62.5 Å². The van der Waals surface area contributed by atoms with E-state index in [2.05, 4.69) is 193 Å². The summed E-state index contributed by atoms with van der Waals surface area (Å²) >= 11 is 3.72. The van der Waals surface area contributed by atoms with Crippen LogP contribution >= 0.6 is 22.7 Å². The first-order valence-electron chi connectivity index (χ1n) is 18.9. The Kier molecular flexibility index (Phi) is 7.00. The molecule has 9 aromatic carbocycles. The van der Waals surface area contributed by atoms with Gasteiger partial charge in [-0.15, -0.1) is 22.7 Å². The van der Waals surface area contributed by atoms with Crippen molar-refractivity contribution in [3.05, 3.63) is 188 Å². The molecular weight excluding hydrogens is 719 g/mol. The van der Waals surface area contributed by atoms with Gasteiger partial charge in [-0.1, -0.05) is 127 Å². The number of nitrogens with zero attached hydrogens (tertiary/aromatic N) is 1. The number of anilines is 3. The zero-order chi connectivity index (χ0) is 36.7. The first-order valence-corrected chi connectivity index (χ1v) is 20.5. The van der Waals surface area contributed by atoms with Gasteiger partial charge in [0.15, 0.2) is 0 Å². The van der Waals surface area contributed by atoms with Crippen molar-refractivity contribution in [2.24, 2.45) is 0 Å². The van der Waals surface area contributed by atoms with Crippen LogP contribution in [-0.4, -0.2) is 0 Å². The van der Waals surface area contributed by atoms with Crippen LogP contribution in [0.15, 0.2) is 192 Å². The molecule has 0 bridgehead atoms. The van der Waals surface area contributed by atoms with Crippen LogP contribution in [0.25, 0.3) is 95.3 Å². The number of rotatable bonds is 5. The molecule has 56 heavy (non-hydrogen) atoms. The van der Waals surface area contributed by atoms with Crippen molar-refractivity contribution in [2.75, 3.05) is 4.90 Å². The molecule has 0 N–H and O–H groups in total. The van der Waals surface area contributed by atoms with Gasteiger partial charge in [-0.3, -0.25) is 0 Å². The second-order valence-electron chi connectivity index (χ2n) is 14.4. The molecule has 0 saturated heterocycles. The van der Waals surface area contributed by atoms with E-state index in [0.29, 0.717) is 0 Å². The molecule has 0 fully saturated rings. The standard InChI is InChI=1S/C52H31NOS2/c1-2-10-38-33(9-1)23-30-43-42-14-7-13-39(51(42)54-52(38)43)34-21-27-37(28-22-34)53(45-15-8-18-48-50(45)44-12-4-6-17-47(44)55-48)36-25-19-32(20-26-36)35-24-29-41-40-11-3-5-16-46(40)56-49(41)31-35/h1-31H. The lowest BCUT2D eigenvalue weighted by atomic mass is 10.0. The van der Waals surface area contributed by atoms with Crippen LogP contribution in [0.1, 0.15) is 0 Å². The van der Waals surface area contributed by atoms with E-state index >= 15 is 0 Å². The number of furan rings is 1. The number of fused-ring (bicyclic) bond motifs is 11. The summed E-state index contributed by atoms with van der Waals surface area (Å²) < 4.78 is 11.9. The fraction of sp³-hybridized carbons (Fsp3) is 0. The highest BCUT2D eigenvalue weighted by atomic mass is 32.1. The minimum absolute atomic E-state index is 0.919. The first kappa shape index (κ1) is 31.6. The van der Waals surface area contributed by atoms with Crippen molar-refractivity contribution >= 4 is 113 Å². The van der Waals surface area contributed by atoms with Crippen molar-refractivity contribution in [3.63, 3.8) is 0 Å². The molecule has 3 heterocycles. The molecule has 0 spiro atoms. The van der Waals surface area contributed by atoms with Gasteiger partial charge in [0.2, 0.25) is 0 Å². The Morgan fingerprint density at radius 3 is 1.75 bits per heavy atom. The maximum Gasteiger partial charge on any atom is 0.143 e.